The summed E-state index contributed by atoms with van der Waals surface area (Å²) in [6.45, 7) is 6.32. The van der Waals surface area contributed by atoms with E-state index in [1.807, 2.05) is 0 Å². The zero-order valence-electron chi connectivity index (χ0n) is 18.9. The number of rotatable bonds is 13. The largest absolute Gasteiger partial charge is 0.479 e. The molecule has 0 spiro atoms. The van der Waals surface area contributed by atoms with E-state index < -0.39 is 41.1 Å². The van der Waals surface area contributed by atoms with Crippen molar-refractivity contribution in [2.45, 2.75) is 59.0 Å². The fourth-order valence-corrected chi connectivity index (χ4v) is 2.87. The van der Waals surface area contributed by atoms with Gasteiger partial charge in [-0.15, -0.1) is 0 Å². The highest BCUT2D eigenvalue weighted by Crippen LogP contribution is 2.35. The summed E-state index contributed by atoms with van der Waals surface area (Å²) in [6, 6.07) is 1.19. The average molecular weight is 441 g/mol. The number of hydrogen-bond donors (Lipinski definition) is 0. The lowest BCUT2D eigenvalue weighted by Gasteiger charge is -2.31. The first-order valence-corrected chi connectivity index (χ1v) is 9.98. The first-order chi connectivity index (χ1) is 14.5. The van der Waals surface area contributed by atoms with Gasteiger partial charge in [-0.3, -0.25) is 19.2 Å². The molecule has 0 aliphatic carbocycles. The predicted octanol–water partition coefficient (Wildman–Crippen LogP) is 2.53. The number of carbonyl (C=O) groups excluding carboxylic acids is 4. The lowest BCUT2D eigenvalue weighted by atomic mass is 9.74. The second-order valence-corrected chi connectivity index (χ2v) is 7.84. The number of aromatic nitrogens is 1. The maximum absolute atomic E-state index is 13.4. The van der Waals surface area contributed by atoms with Gasteiger partial charge < -0.3 is 23.5 Å². The van der Waals surface area contributed by atoms with Crippen LogP contribution in [0.1, 0.15) is 63.9 Å². The SMILES string of the molecule is CCOC(=O)CCCCC(C(=O)COC)(C(=O)OC(C)(C)C)C(=O)c1cc(OC)no1. The van der Waals surface area contributed by atoms with Gasteiger partial charge in [-0.2, -0.15) is 0 Å². The van der Waals surface area contributed by atoms with Gasteiger partial charge in [0.05, 0.1) is 19.8 Å². The number of nitrogens with zero attached hydrogens (tertiary/aromatic N) is 1. The number of Topliss-reactive ketones (excluding diaryl/α,β-unsaturated/α-hetero) is 2. The number of ether oxygens (including phenoxy) is 4. The second-order valence-electron chi connectivity index (χ2n) is 7.84. The lowest BCUT2D eigenvalue weighted by Crippen LogP contribution is -2.50. The molecule has 0 amide bonds. The summed E-state index contributed by atoms with van der Waals surface area (Å²) >= 11 is 0. The van der Waals surface area contributed by atoms with E-state index in [-0.39, 0.29) is 37.5 Å². The van der Waals surface area contributed by atoms with Crippen LogP contribution < -0.4 is 4.74 Å². The molecule has 174 valence electrons. The minimum Gasteiger partial charge on any atom is -0.479 e. The Morgan fingerprint density at radius 1 is 1.10 bits per heavy atom. The van der Waals surface area contributed by atoms with Crippen molar-refractivity contribution in [1.29, 1.82) is 0 Å². The highest BCUT2D eigenvalue weighted by Gasteiger charge is 2.55. The van der Waals surface area contributed by atoms with E-state index in [1.165, 1.54) is 20.3 Å². The minimum atomic E-state index is -2.22. The third kappa shape index (κ3) is 7.16. The van der Waals surface area contributed by atoms with E-state index in [4.69, 9.17) is 23.5 Å². The molecule has 0 aromatic carbocycles. The molecule has 1 unspecified atom stereocenters. The topological polar surface area (TPSA) is 131 Å². The quantitative estimate of drug-likeness (QED) is 0.195. The van der Waals surface area contributed by atoms with Gasteiger partial charge >= 0.3 is 11.9 Å². The van der Waals surface area contributed by atoms with Crippen molar-refractivity contribution < 1.29 is 42.6 Å². The summed E-state index contributed by atoms with van der Waals surface area (Å²) in [6.07, 6.45) is 0.383. The van der Waals surface area contributed by atoms with Crippen LogP contribution in [0.5, 0.6) is 5.88 Å². The standard InChI is InChI=1S/C21H31NO9/c1-7-29-17(24)10-8-9-11-21(15(23)13-27-5,19(26)30-20(2,3)4)18(25)14-12-16(28-6)22-31-14/h12H,7-11,13H2,1-6H3. The first kappa shape index (κ1) is 26.3. The molecule has 1 rings (SSSR count). The molecular weight excluding hydrogens is 410 g/mol. The van der Waals surface area contributed by atoms with Gasteiger partial charge in [0, 0.05) is 13.5 Å². The smallest absolute Gasteiger partial charge is 0.328 e. The average Bonchev–Trinajstić information content (AvgIpc) is 3.16. The molecule has 0 aliphatic heterocycles. The van der Waals surface area contributed by atoms with Crippen molar-refractivity contribution >= 4 is 23.5 Å². The van der Waals surface area contributed by atoms with Gasteiger partial charge in [-0.05, 0) is 45.7 Å². The second kappa shape index (κ2) is 11.6. The fourth-order valence-electron chi connectivity index (χ4n) is 2.87. The van der Waals surface area contributed by atoms with Crippen LogP contribution in [-0.4, -0.2) is 61.7 Å². The van der Waals surface area contributed by atoms with Crippen molar-refractivity contribution in [2.75, 3.05) is 27.4 Å². The Kier molecular flexibility index (Phi) is 9.83. The van der Waals surface area contributed by atoms with Gasteiger partial charge in [0.15, 0.2) is 11.2 Å². The Morgan fingerprint density at radius 3 is 2.29 bits per heavy atom. The number of unbranched alkanes of at least 4 members (excludes halogenated alkanes) is 1. The molecule has 0 saturated carbocycles. The summed E-state index contributed by atoms with van der Waals surface area (Å²) < 4.78 is 25.2. The first-order valence-electron chi connectivity index (χ1n) is 9.98. The van der Waals surface area contributed by atoms with Crippen LogP contribution in [0.2, 0.25) is 0 Å². The lowest BCUT2D eigenvalue weighted by molar-refractivity contribution is -0.168. The van der Waals surface area contributed by atoms with Gasteiger partial charge in [-0.25, -0.2) is 0 Å². The molecule has 0 saturated heterocycles. The van der Waals surface area contributed by atoms with Gasteiger partial charge in [0.25, 0.3) is 5.88 Å². The maximum atomic E-state index is 13.4. The zero-order valence-corrected chi connectivity index (χ0v) is 18.9. The van der Waals surface area contributed by atoms with Gasteiger partial charge in [0.2, 0.25) is 11.5 Å². The van der Waals surface area contributed by atoms with Crippen molar-refractivity contribution in [3.63, 3.8) is 0 Å². The van der Waals surface area contributed by atoms with Crippen LogP contribution in [-0.2, 0) is 28.6 Å². The van der Waals surface area contributed by atoms with E-state index in [9.17, 15) is 19.2 Å². The molecule has 0 radical (unpaired) electrons. The third-order valence-electron chi connectivity index (χ3n) is 4.30. The molecule has 0 fully saturated rings. The molecular formula is C21H31NO9. The van der Waals surface area contributed by atoms with E-state index in [0.29, 0.717) is 6.42 Å². The van der Waals surface area contributed by atoms with E-state index in [2.05, 4.69) is 5.16 Å². The molecule has 0 N–H and O–H groups in total. The number of ketones is 2. The molecule has 10 heteroatoms. The number of methoxy groups -OCH3 is 2. The minimum absolute atomic E-state index is 0.0166. The number of carbonyl (C=O) groups is 4. The molecule has 10 nitrogen and oxygen atoms in total. The van der Waals surface area contributed by atoms with Crippen LogP contribution >= 0.6 is 0 Å². The van der Waals surface area contributed by atoms with Crippen molar-refractivity contribution in [2.24, 2.45) is 5.41 Å². The molecule has 1 heterocycles. The van der Waals surface area contributed by atoms with Crippen LogP contribution in [0, 0.1) is 5.41 Å². The molecule has 0 aliphatic rings. The summed E-state index contributed by atoms with van der Waals surface area (Å²) in [5, 5.41) is 3.57. The Bertz CT molecular complexity index is 778. The van der Waals surface area contributed by atoms with Crippen LogP contribution in [0.4, 0.5) is 0 Å². The van der Waals surface area contributed by atoms with Crippen molar-refractivity contribution in [3.05, 3.63) is 11.8 Å². The van der Waals surface area contributed by atoms with E-state index >= 15 is 0 Å². The number of hydrogen-bond acceptors (Lipinski definition) is 10. The van der Waals surface area contributed by atoms with E-state index in [0.717, 1.165) is 0 Å². The summed E-state index contributed by atoms with van der Waals surface area (Å²) in [5.41, 5.74) is -3.18. The molecule has 31 heavy (non-hydrogen) atoms. The molecule has 1 aromatic rings. The predicted molar refractivity (Wildman–Crippen MR) is 108 cm³/mol. The number of esters is 2. The highest BCUT2D eigenvalue weighted by atomic mass is 16.6. The Hall–Kier alpha value is -2.75. The normalized spacial score (nSPS) is 13.2. The van der Waals surface area contributed by atoms with Crippen LogP contribution in [0.15, 0.2) is 10.6 Å². The summed E-state index contributed by atoms with van der Waals surface area (Å²) in [7, 11) is 2.61. The molecule has 0 bridgehead atoms. The maximum Gasteiger partial charge on any atom is 0.328 e. The Morgan fingerprint density at radius 2 is 1.77 bits per heavy atom. The van der Waals surface area contributed by atoms with Crippen molar-refractivity contribution in [3.8, 4) is 5.88 Å². The van der Waals surface area contributed by atoms with Gasteiger partial charge in [0.1, 0.15) is 12.2 Å². The third-order valence-corrected chi connectivity index (χ3v) is 4.30. The zero-order chi connectivity index (χ0) is 23.7. The van der Waals surface area contributed by atoms with E-state index in [1.54, 1.807) is 27.7 Å². The Balaban J connectivity index is 3.32. The summed E-state index contributed by atoms with van der Waals surface area (Å²) in [5.74, 6) is -3.41. The van der Waals surface area contributed by atoms with Gasteiger partial charge in [-0.1, -0.05) is 6.42 Å². The van der Waals surface area contributed by atoms with Crippen LogP contribution in [0.3, 0.4) is 0 Å². The van der Waals surface area contributed by atoms with Crippen LogP contribution in [0.25, 0.3) is 0 Å². The molecule has 1 aromatic heterocycles. The molecule has 1 atom stereocenters. The highest BCUT2D eigenvalue weighted by molar-refractivity contribution is 6.26. The summed E-state index contributed by atoms with van der Waals surface area (Å²) in [4.78, 5) is 51.3. The Labute approximate surface area is 181 Å². The van der Waals surface area contributed by atoms with Crippen molar-refractivity contribution in [1.82, 2.24) is 5.16 Å². The monoisotopic (exact) mass is 441 g/mol. The fraction of sp³-hybridized carbons (Fsp3) is 0.667.